The van der Waals surface area contributed by atoms with Crippen LogP contribution in [0.2, 0.25) is 0 Å². The number of thiophene rings is 1. The van der Waals surface area contributed by atoms with Gasteiger partial charge in [0.1, 0.15) is 5.60 Å². The van der Waals surface area contributed by atoms with Gasteiger partial charge < -0.3 is 15.0 Å². The van der Waals surface area contributed by atoms with Crippen LogP contribution in [0.15, 0.2) is 12.1 Å². The number of carbonyl (C=O) groups excluding carboxylic acids is 2. The van der Waals surface area contributed by atoms with E-state index in [1.54, 1.807) is 11.3 Å². The van der Waals surface area contributed by atoms with Gasteiger partial charge in [0.05, 0.1) is 4.88 Å². The van der Waals surface area contributed by atoms with E-state index in [2.05, 4.69) is 5.32 Å². The monoisotopic (exact) mass is 420 g/mol. The molecule has 0 radical (unpaired) electrons. The molecule has 1 aliphatic carbocycles. The zero-order valence-electron chi connectivity index (χ0n) is 18.3. The SMILES string of the molecule is Cc1ccc(C(=O)NC(CC2CCN(C(=O)OC(C)(C)C)CC2)C2CCCC2)s1. The molecule has 162 valence electrons. The largest absolute Gasteiger partial charge is 0.444 e. The Morgan fingerprint density at radius 3 is 2.38 bits per heavy atom. The van der Waals surface area contributed by atoms with Crippen molar-refractivity contribution in [2.45, 2.75) is 84.3 Å². The minimum absolute atomic E-state index is 0.0752. The zero-order valence-corrected chi connectivity index (χ0v) is 19.1. The number of amides is 2. The maximum Gasteiger partial charge on any atom is 0.410 e. The number of piperidine rings is 1. The third-order valence-corrected chi connectivity index (χ3v) is 7.10. The van der Waals surface area contributed by atoms with Crippen LogP contribution in [0.25, 0.3) is 0 Å². The maximum atomic E-state index is 12.8. The molecule has 1 unspecified atom stereocenters. The molecule has 1 aliphatic heterocycles. The molecule has 0 spiro atoms. The van der Waals surface area contributed by atoms with Gasteiger partial charge in [-0.2, -0.15) is 0 Å². The van der Waals surface area contributed by atoms with Gasteiger partial charge in [0.25, 0.3) is 5.91 Å². The number of carbonyl (C=O) groups is 2. The maximum absolute atomic E-state index is 12.8. The van der Waals surface area contributed by atoms with Crippen molar-refractivity contribution in [1.82, 2.24) is 10.2 Å². The van der Waals surface area contributed by atoms with E-state index in [-0.39, 0.29) is 18.0 Å². The summed E-state index contributed by atoms with van der Waals surface area (Å²) in [6.45, 7) is 9.24. The van der Waals surface area contributed by atoms with E-state index in [9.17, 15) is 9.59 Å². The van der Waals surface area contributed by atoms with Crippen LogP contribution in [-0.4, -0.2) is 41.6 Å². The third-order valence-electron chi connectivity index (χ3n) is 6.10. The van der Waals surface area contributed by atoms with Crippen molar-refractivity contribution in [3.05, 3.63) is 21.9 Å². The first kappa shape index (κ1) is 22.1. The number of nitrogens with one attached hydrogen (secondary N) is 1. The van der Waals surface area contributed by atoms with E-state index < -0.39 is 5.60 Å². The summed E-state index contributed by atoms with van der Waals surface area (Å²) in [6.07, 6.45) is 7.75. The zero-order chi connectivity index (χ0) is 21.0. The summed E-state index contributed by atoms with van der Waals surface area (Å²) in [4.78, 5) is 28.9. The van der Waals surface area contributed by atoms with Crippen LogP contribution in [0.5, 0.6) is 0 Å². The molecular weight excluding hydrogens is 384 g/mol. The van der Waals surface area contributed by atoms with E-state index in [0.29, 0.717) is 11.8 Å². The van der Waals surface area contributed by atoms with Crippen LogP contribution in [-0.2, 0) is 4.74 Å². The van der Waals surface area contributed by atoms with Crippen molar-refractivity contribution < 1.29 is 14.3 Å². The van der Waals surface area contributed by atoms with Gasteiger partial charge in [-0.05, 0) is 83.8 Å². The molecular formula is C23H36N2O3S. The second kappa shape index (κ2) is 9.50. The van der Waals surface area contributed by atoms with Gasteiger partial charge in [0.15, 0.2) is 0 Å². The first-order chi connectivity index (χ1) is 13.7. The first-order valence-corrected chi connectivity index (χ1v) is 11.9. The molecule has 0 aromatic carbocycles. The number of hydrogen-bond acceptors (Lipinski definition) is 4. The van der Waals surface area contributed by atoms with Gasteiger partial charge in [0, 0.05) is 24.0 Å². The van der Waals surface area contributed by atoms with Crippen LogP contribution >= 0.6 is 11.3 Å². The summed E-state index contributed by atoms with van der Waals surface area (Å²) in [7, 11) is 0. The summed E-state index contributed by atoms with van der Waals surface area (Å²) < 4.78 is 5.51. The summed E-state index contributed by atoms with van der Waals surface area (Å²) in [6, 6.07) is 4.18. The van der Waals surface area contributed by atoms with Gasteiger partial charge in [-0.3, -0.25) is 4.79 Å². The number of rotatable bonds is 5. The highest BCUT2D eigenvalue weighted by molar-refractivity contribution is 7.13. The van der Waals surface area contributed by atoms with Crippen LogP contribution in [0, 0.1) is 18.8 Å². The summed E-state index contributed by atoms with van der Waals surface area (Å²) in [5.41, 5.74) is -0.452. The molecule has 2 fully saturated rings. The van der Waals surface area contributed by atoms with Gasteiger partial charge in [0.2, 0.25) is 0 Å². The molecule has 29 heavy (non-hydrogen) atoms. The van der Waals surface area contributed by atoms with Crippen molar-refractivity contribution >= 4 is 23.3 Å². The van der Waals surface area contributed by atoms with Gasteiger partial charge in [-0.25, -0.2) is 4.79 Å². The molecule has 1 N–H and O–H groups in total. The molecule has 1 aromatic rings. The Morgan fingerprint density at radius 2 is 1.83 bits per heavy atom. The highest BCUT2D eigenvalue weighted by atomic mass is 32.1. The lowest BCUT2D eigenvalue weighted by Crippen LogP contribution is -2.44. The Morgan fingerprint density at radius 1 is 1.17 bits per heavy atom. The molecule has 1 atom stereocenters. The number of aryl methyl sites for hydroxylation is 1. The minimum atomic E-state index is -0.452. The predicted octanol–water partition coefficient (Wildman–Crippen LogP) is 5.38. The third kappa shape index (κ3) is 6.46. The number of nitrogens with zero attached hydrogens (tertiary/aromatic N) is 1. The van der Waals surface area contributed by atoms with Crippen LogP contribution in [0.3, 0.4) is 0 Å². The highest BCUT2D eigenvalue weighted by Gasteiger charge is 2.32. The Hall–Kier alpha value is -1.56. The number of likely N-dealkylation sites (tertiary alicyclic amines) is 1. The lowest BCUT2D eigenvalue weighted by atomic mass is 9.84. The van der Waals surface area contributed by atoms with Crippen molar-refractivity contribution in [2.75, 3.05) is 13.1 Å². The summed E-state index contributed by atoms with van der Waals surface area (Å²) in [5, 5.41) is 3.37. The molecule has 1 aromatic heterocycles. The number of hydrogen-bond donors (Lipinski definition) is 1. The lowest BCUT2D eigenvalue weighted by molar-refractivity contribution is 0.0176. The first-order valence-electron chi connectivity index (χ1n) is 11.1. The topological polar surface area (TPSA) is 58.6 Å². The van der Waals surface area contributed by atoms with Crippen molar-refractivity contribution in [3.63, 3.8) is 0 Å². The Kier molecular flexibility index (Phi) is 7.25. The molecule has 5 nitrogen and oxygen atoms in total. The van der Waals surface area contributed by atoms with Crippen molar-refractivity contribution in [1.29, 1.82) is 0 Å². The van der Waals surface area contributed by atoms with Gasteiger partial charge >= 0.3 is 6.09 Å². The smallest absolute Gasteiger partial charge is 0.410 e. The van der Waals surface area contributed by atoms with Gasteiger partial charge in [-0.1, -0.05) is 12.8 Å². The lowest BCUT2D eigenvalue weighted by Gasteiger charge is -2.36. The Balaban J connectivity index is 1.55. The van der Waals surface area contributed by atoms with Gasteiger partial charge in [-0.15, -0.1) is 11.3 Å². The average Bonchev–Trinajstić information content (AvgIpc) is 3.32. The Labute approximate surface area is 179 Å². The van der Waals surface area contributed by atoms with E-state index >= 15 is 0 Å². The second-order valence-electron chi connectivity index (χ2n) is 9.68. The molecule has 6 heteroatoms. The minimum Gasteiger partial charge on any atom is -0.444 e. The quantitative estimate of drug-likeness (QED) is 0.695. The molecule has 1 saturated carbocycles. The molecule has 1 saturated heterocycles. The van der Waals surface area contributed by atoms with Crippen LogP contribution in [0.4, 0.5) is 4.79 Å². The predicted molar refractivity (Wildman–Crippen MR) is 117 cm³/mol. The molecule has 2 amide bonds. The molecule has 2 aliphatic rings. The summed E-state index contributed by atoms with van der Waals surface area (Å²) in [5.74, 6) is 1.21. The van der Waals surface area contributed by atoms with E-state index in [0.717, 1.165) is 37.2 Å². The van der Waals surface area contributed by atoms with E-state index in [1.807, 2.05) is 44.7 Å². The number of ether oxygens (including phenoxy) is 1. The van der Waals surface area contributed by atoms with Crippen LogP contribution < -0.4 is 5.32 Å². The fourth-order valence-corrected chi connectivity index (χ4v) is 5.33. The Bertz CT molecular complexity index is 695. The molecule has 0 bridgehead atoms. The summed E-state index contributed by atoms with van der Waals surface area (Å²) >= 11 is 1.56. The molecule has 2 heterocycles. The van der Waals surface area contributed by atoms with E-state index in [4.69, 9.17) is 4.74 Å². The normalized spacial score (nSPS) is 19.9. The highest BCUT2D eigenvalue weighted by Crippen LogP contribution is 2.33. The fraction of sp³-hybridized carbons (Fsp3) is 0.739. The average molecular weight is 421 g/mol. The standard InChI is InChI=1S/C23H36N2O3S/c1-16-9-10-20(29-16)21(26)24-19(18-7-5-6-8-18)15-17-11-13-25(14-12-17)22(27)28-23(2,3)4/h9-10,17-19H,5-8,11-15H2,1-4H3,(H,24,26). The van der Waals surface area contributed by atoms with E-state index in [1.165, 1.54) is 30.6 Å². The second-order valence-corrected chi connectivity index (χ2v) is 11.0. The fourth-order valence-electron chi connectivity index (χ4n) is 4.56. The van der Waals surface area contributed by atoms with Crippen LogP contribution in [0.1, 0.15) is 80.3 Å². The molecule has 3 rings (SSSR count). The van der Waals surface area contributed by atoms with Crippen molar-refractivity contribution in [3.8, 4) is 0 Å². The van der Waals surface area contributed by atoms with Crippen molar-refractivity contribution in [2.24, 2.45) is 11.8 Å².